The van der Waals surface area contributed by atoms with Crippen molar-refractivity contribution >= 4 is 9.84 Å². The molecule has 0 spiro atoms. The minimum Gasteiger partial charge on any atom is -0.479 e. The van der Waals surface area contributed by atoms with Gasteiger partial charge in [-0.05, 0) is 68.6 Å². The molecule has 1 aromatic carbocycles. The van der Waals surface area contributed by atoms with Crippen molar-refractivity contribution in [3.8, 4) is 11.8 Å². The molecule has 1 unspecified atom stereocenters. The van der Waals surface area contributed by atoms with Crippen molar-refractivity contribution in [2.24, 2.45) is 11.8 Å². The molecule has 144 valence electrons. The molecule has 0 bridgehead atoms. The average molecular weight is 378 g/mol. The van der Waals surface area contributed by atoms with Gasteiger partial charge in [0.05, 0.1) is 11.0 Å². The third-order valence-electron chi connectivity index (χ3n) is 5.67. The van der Waals surface area contributed by atoms with E-state index in [0.29, 0.717) is 24.0 Å². The van der Waals surface area contributed by atoms with Crippen molar-refractivity contribution in [1.82, 2.24) is 0 Å². The zero-order chi connectivity index (χ0) is 19.0. The van der Waals surface area contributed by atoms with Crippen molar-refractivity contribution in [3.63, 3.8) is 0 Å². The van der Waals surface area contributed by atoms with Gasteiger partial charge in [0, 0.05) is 0 Å². The Labute approximate surface area is 158 Å². The van der Waals surface area contributed by atoms with Crippen LogP contribution in [0.2, 0.25) is 0 Å². The molecule has 0 aliphatic heterocycles. The highest BCUT2D eigenvalue weighted by atomic mass is 32.2. The van der Waals surface area contributed by atoms with Crippen LogP contribution in [0.3, 0.4) is 0 Å². The van der Waals surface area contributed by atoms with E-state index in [4.69, 9.17) is 10.00 Å². The summed E-state index contributed by atoms with van der Waals surface area (Å²) in [4.78, 5) is 0. The number of benzene rings is 1. The highest BCUT2D eigenvalue weighted by Crippen LogP contribution is 2.33. The molecule has 1 saturated carbocycles. The van der Waals surface area contributed by atoms with E-state index in [9.17, 15) is 8.42 Å². The van der Waals surface area contributed by atoms with Crippen LogP contribution in [0.4, 0.5) is 0 Å². The molecule has 0 heterocycles. The van der Waals surface area contributed by atoms with Crippen LogP contribution in [0.5, 0.6) is 5.75 Å². The van der Waals surface area contributed by atoms with Gasteiger partial charge in [-0.25, -0.2) is 8.42 Å². The minimum atomic E-state index is -2.93. The zero-order valence-electron chi connectivity index (χ0n) is 16.0. The van der Waals surface area contributed by atoms with Crippen LogP contribution >= 0.6 is 0 Å². The smallest absolute Gasteiger partial charge is 0.174 e. The molecule has 1 aliphatic carbocycles. The Kier molecular flexibility index (Phi) is 7.96. The van der Waals surface area contributed by atoms with Gasteiger partial charge in [-0.3, -0.25) is 0 Å². The summed E-state index contributed by atoms with van der Waals surface area (Å²) in [5.74, 6) is 2.14. The number of nitriles is 1. The molecular weight excluding hydrogens is 346 g/mol. The summed E-state index contributed by atoms with van der Waals surface area (Å²) in [6.45, 7) is 3.85. The molecule has 0 aromatic heterocycles. The number of hydrogen-bond acceptors (Lipinski definition) is 4. The first-order valence-corrected chi connectivity index (χ1v) is 11.5. The van der Waals surface area contributed by atoms with Crippen LogP contribution in [0.25, 0.3) is 0 Å². The standard InChI is InChI=1S/C21H31NO3S/c1-3-17(2)26(23,24)16-20-11-8-18(9-12-20)7-10-19-5-4-6-21(15-19)25-14-13-22/h4-6,15,17-18,20H,3,7-12,14,16H2,1-2H3. The minimum absolute atomic E-state index is 0.0764. The van der Waals surface area contributed by atoms with Crippen molar-refractivity contribution in [3.05, 3.63) is 29.8 Å². The molecule has 1 aromatic rings. The molecular formula is C21H31NO3S. The van der Waals surface area contributed by atoms with Gasteiger partial charge in [0.1, 0.15) is 11.8 Å². The normalized spacial score (nSPS) is 21.7. The van der Waals surface area contributed by atoms with Gasteiger partial charge in [0.2, 0.25) is 0 Å². The summed E-state index contributed by atoms with van der Waals surface area (Å²) in [7, 11) is -2.93. The lowest BCUT2D eigenvalue weighted by molar-refractivity contribution is 0.278. The molecule has 5 heteroatoms. The number of ether oxygens (including phenoxy) is 1. The molecule has 0 radical (unpaired) electrons. The molecule has 4 nitrogen and oxygen atoms in total. The maximum absolute atomic E-state index is 12.3. The fraction of sp³-hybridized carbons (Fsp3) is 0.667. The van der Waals surface area contributed by atoms with E-state index in [0.717, 1.165) is 44.3 Å². The van der Waals surface area contributed by atoms with Gasteiger partial charge in [-0.1, -0.05) is 31.9 Å². The summed E-state index contributed by atoms with van der Waals surface area (Å²) in [5.41, 5.74) is 1.24. The number of aryl methyl sites for hydroxylation is 1. The largest absolute Gasteiger partial charge is 0.479 e. The van der Waals surface area contributed by atoms with E-state index < -0.39 is 9.84 Å². The van der Waals surface area contributed by atoms with Crippen LogP contribution in [0.15, 0.2) is 24.3 Å². The van der Waals surface area contributed by atoms with Gasteiger partial charge in [0.25, 0.3) is 0 Å². The predicted molar refractivity (Wildman–Crippen MR) is 105 cm³/mol. The predicted octanol–water partition coefficient (Wildman–Crippen LogP) is 4.54. The van der Waals surface area contributed by atoms with Gasteiger partial charge < -0.3 is 4.74 Å². The molecule has 1 aliphatic rings. The number of rotatable bonds is 9. The Morgan fingerprint density at radius 2 is 1.92 bits per heavy atom. The van der Waals surface area contributed by atoms with Gasteiger partial charge >= 0.3 is 0 Å². The highest BCUT2D eigenvalue weighted by molar-refractivity contribution is 7.92. The maximum atomic E-state index is 12.3. The van der Waals surface area contributed by atoms with E-state index >= 15 is 0 Å². The third-order valence-corrected chi connectivity index (χ3v) is 8.16. The van der Waals surface area contributed by atoms with Gasteiger partial charge in [-0.15, -0.1) is 0 Å². The summed E-state index contributed by atoms with van der Waals surface area (Å²) >= 11 is 0. The van der Waals surface area contributed by atoms with Crippen LogP contribution in [-0.4, -0.2) is 26.0 Å². The summed E-state index contributed by atoms with van der Waals surface area (Å²) in [5, 5.41) is 8.38. The second-order valence-electron chi connectivity index (χ2n) is 7.57. The molecule has 0 amide bonds. The molecule has 0 saturated heterocycles. The fourth-order valence-corrected chi connectivity index (χ4v) is 5.54. The van der Waals surface area contributed by atoms with E-state index in [1.54, 1.807) is 0 Å². The Morgan fingerprint density at radius 1 is 1.23 bits per heavy atom. The first-order valence-electron chi connectivity index (χ1n) is 9.74. The van der Waals surface area contributed by atoms with E-state index in [2.05, 4.69) is 6.07 Å². The monoisotopic (exact) mass is 377 g/mol. The second kappa shape index (κ2) is 9.97. The number of hydrogen-bond donors (Lipinski definition) is 0. The first-order chi connectivity index (χ1) is 12.4. The fourth-order valence-electron chi connectivity index (χ4n) is 3.71. The number of nitrogens with zero attached hydrogens (tertiary/aromatic N) is 1. The highest BCUT2D eigenvalue weighted by Gasteiger charge is 2.28. The topological polar surface area (TPSA) is 67.2 Å². The van der Waals surface area contributed by atoms with E-state index in [1.165, 1.54) is 5.56 Å². The second-order valence-corrected chi connectivity index (χ2v) is 10.0. The summed E-state index contributed by atoms with van der Waals surface area (Å²) < 4.78 is 30.0. The lowest BCUT2D eigenvalue weighted by Crippen LogP contribution is -2.27. The molecule has 26 heavy (non-hydrogen) atoms. The molecule has 1 fully saturated rings. The lowest BCUT2D eigenvalue weighted by atomic mass is 9.80. The number of sulfone groups is 1. The zero-order valence-corrected chi connectivity index (χ0v) is 16.8. The van der Waals surface area contributed by atoms with Crippen molar-refractivity contribution in [2.45, 2.75) is 64.0 Å². The van der Waals surface area contributed by atoms with Crippen molar-refractivity contribution < 1.29 is 13.2 Å². The lowest BCUT2D eigenvalue weighted by Gasteiger charge is -2.29. The van der Waals surface area contributed by atoms with Crippen molar-refractivity contribution in [2.75, 3.05) is 12.4 Å². The van der Waals surface area contributed by atoms with Crippen LogP contribution in [0, 0.1) is 23.2 Å². The molecule has 2 rings (SSSR count). The Bertz CT molecular complexity index is 700. The van der Waals surface area contributed by atoms with Crippen LogP contribution in [0.1, 0.15) is 57.9 Å². The quantitative estimate of drug-likeness (QED) is 0.633. The van der Waals surface area contributed by atoms with E-state index in [-0.39, 0.29) is 11.9 Å². The first kappa shape index (κ1) is 20.8. The summed E-state index contributed by atoms with van der Waals surface area (Å²) in [6.07, 6.45) is 7.17. The third kappa shape index (κ3) is 6.32. The summed E-state index contributed by atoms with van der Waals surface area (Å²) in [6, 6.07) is 9.95. The van der Waals surface area contributed by atoms with Crippen molar-refractivity contribution in [1.29, 1.82) is 5.26 Å². The Morgan fingerprint density at radius 3 is 2.58 bits per heavy atom. The van der Waals surface area contributed by atoms with E-state index in [1.807, 2.05) is 38.1 Å². The Hall–Kier alpha value is -1.54. The SMILES string of the molecule is CCC(C)S(=O)(=O)CC1CCC(CCc2cccc(OCC#N)c2)CC1. The Balaban J connectivity index is 1.76. The van der Waals surface area contributed by atoms with Crippen LogP contribution < -0.4 is 4.74 Å². The maximum Gasteiger partial charge on any atom is 0.174 e. The van der Waals surface area contributed by atoms with Crippen LogP contribution in [-0.2, 0) is 16.3 Å². The molecule has 1 atom stereocenters. The average Bonchev–Trinajstić information content (AvgIpc) is 2.65. The van der Waals surface area contributed by atoms with Gasteiger partial charge in [-0.2, -0.15) is 5.26 Å². The van der Waals surface area contributed by atoms with Gasteiger partial charge in [0.15, 0.2) is 16.4 Å². The molecule has 0 N–H and O–H groups in total.